The molecule has 0 atom stereocenters. The first-order valence-electron chi connectivity index (χ1n) is 6.14. The van der Waals surface area contributed by atoms with E-state index in [2.05, 4.69) is 16.9 Å². The molecule has 20 heavy (non-hydrogen) atoms. The molecule has 0 unspecified atom stereocenters. The Bertz CT molecular complexity index is 643. The lowest BCUT2D eigenvalue weighted by Gasteiger charge is -2.05. The highest BCUT2D eigenvalue weighted by Gasteiger charge is 2.02. The van der Waals surface area contributed by atoms with Gasteiger partial charge in [-0.3, -0.25) is 4.68 Å². The molecule has 0 fully saturated rings. The molecule has 1 heterocycles. The normalized spacial score (nSPS) is 9.95. The Labute approximate surface area is 122 Å². The fourth-order valence-corrected chi connectivity index (χ4v) is 1.72. The largest absolute Gasteiger partial charge is 0.487 e. The monoisotopic (exact) mass is 292 g/mol. The highest BCUT2D eigenvalue weighted by atomic mass is 35.5. The summed E-state index contributed by atoms with van der Waals surface area (Å²) in [6.45, 7) is 0.291. The molecule has 0 spiro atoms. The number of aromatic nitrogens is 2. The van der Waals surface area contributed by atoms with Gasteiger partial charge in [0.25, 0.3) is 0 Å². The van der Waals surface area contributed by atoms with Gasteiger partial charge in [-0.05, 0) is 18.2 Å². The van der Waals surface area contributed by atoms with Crippen molar-refractivity contribution in [3.8, 4) is 17.6 Å². The first kappa shape index (κ1) is 14.4. The zero-order chi connectivity index (χ0) is 14.4. The van der Waals surface area contributed by atoms with Gasteiger partial charge < -0.3 is 4.74 Å². The molecule has 1 aromatic carbocycles. The second-order valence-electron chi connectivity index (χ2n) is 4.19. The minimum Gasteiger partial charge on any atom is -0.487 e. The molecule has 0 saturated carbocycles. The van der Waals surface area contributed by atoms with E-state index in [0.29, 0.717) is 30.2 Å². The lowest BCUT2D eigenvalue weighted by Crippen LogP contribution is -1.98. The number of hydrogen-bond acceptors (Lipinski definition) is 2. The Kier molecular flexibility index (Phi) is 5.03. The van der Waals surface area contributed by atoms with Crippen LogP contribution in [0.2, 0.25) is 0 Å². The van der Waals surface area contributed by atoms with Crippen molar-refractivity contribution in [3.05, 3.63) is 47.5 Å². The average Bonchev–Trinajstić information content (AvgIpc) is 2.82. The van der Waals surface area contributed by atoms with Gasteiger partial charge in [0, 0.05) is 37.2 Å². The zero-order valence-electron chi connectivity index (χ0n) is 11.1. The SMILES string of the molecule is Cn1ccc(COc2cc(F)cc(C#CCCCl)c2)n1. The summed E-state index contributed by atoms with van der Waals surface area (Å²) in [5.74, 6) is 6.24. The van der Waals surface area contributed by atoms with Crippen LogP contribution in [0.15, 0.2) is 30.5 Å². The smallest absolute Gasteiger partial charge is 0.132 e. The molecule has 2 rings (SSSR count). The van der Waals surface area contributed by atoms with E-state index in [9.17, 15) is 4.39 Å². The molecule has 0 aliphatic rings. The van der Waals surface area contributed by atoms with E-state index in [1.54, 1.807) is 10.7 Å². The minimum atomic E-state index is -0.376. The summed E-state index contributed by atoms with van der Waals surface area (Å²) in [6, 6.07) is 6.25. The second-order valence-corrected chi connectivity index (χ2v) is 4.56. The minimum absolute atomic E-state index is 0.291. The number of nitrogens with zero attached hydrogens (tertiary/aromatic N) is 2. The van der Waals surface area contributed by atoms with E-state index in [0.717, 1.165) is 5.69 Å². The summed E-state index contributed by atoms with van der Waals surface area (Å²) in [4.78, 5) is 0. The maximum Gasteiger partial charge on any atom is 0.132 e. The van der Waals surface area contributed by atoms with Crippen molar-refractivity contribution < 1.29 is 9.13 Å². The average molecular weight is 293 g/mol. The molecule has 0 amide bonds. The van der Waals surface area contributed by atoms with Gasteiger partial charge >= 0.3 is 0 Å². The van der Waals surface area contributed by atoms with Crippen molar-refractivity contribution in [2.45, 2.75) is 13.0 Å². The van der Waals surface area contributed by atoms with Gasteiger partial charge in [0.2, 0.25) is 0 Å². The number of halogens is 2. The zero-order valence-corrected chi connectivity index (χ0v) is 11.8. The van der Waals surface area contributed by atoms with Gasteiger partial charge in [-0.15, -0.1) is 11.6 Å². The van der Waals surface area contributed by atoms with Crippen LogP contribution in [0.3, 0.4) is 0 Å². The van der Waals surface area contributed by atoms with Crippen LogP contribution in [0.25, 0.3) is 0 Å². The van der Waals surface area contributed by atoms with Crippen molar-refractivity contribution in [2.75, 3.05) is 5.88 Å². The van der Waals surface area contributed by atoms with E-state index >= 15 is 0 Å². The molecule has 0 aliphatic heterocycles. The predicted molar refractivity (Wildman–Crippen MR) is 76.2 cm³/mol. The Morgan fingerprint density at radius 2 is 2.25 bits per heavy atom. The lowest BCUT2D eigenvalue weighted by atomic mass is 10.2. The Morgan fingerprint density at radius 1 is 1.40 bits per heavy atom. The van der Waals surface area contributed by atoms with Gasteiger partial charge in [0.15, 0.2) is 0 Å². The van der Waals surface area contributed by atoms with Crippen molar-refractivity contribution >= 4 is 11.6 Å². The third kappa shape index (κ3) is 4.29. The summed E-state index contributed by atoms with van der Waals surface area (Å²) in [5.41, 5.74) is 1.36. The standard InChI is InChI=1S/C15H14ClFN2O/c1-19-7-5-14(18-19)11-20-15-9-12(4-2-3-6-16)8-13(17)10-15/h5,7-10H,3,6,11H2,1H3. The highest BCUT2D eigenvalue weighted by Crippen LogP contribution is 2.17. The van der Waals surface area contributed by atoms with Gasteiger partial charge in [0.1, 0.15) is 18.2 Å². The van der Waals surface area contributed by atoms with Crippen molar-refractivity contribution in [1.82, 2.24) is 9.78 Å². The maximum atomic E-state index is 13.5. The van der Waals surface area contributed by atoms with Crippen LogP contribution in [0.5, 0.6) is 5.75 Å². The molecule has 1 aromatic heterocycles. The summed E-state index contributed by atoms with van der Waals surface area (Å²) < 4.78 is 20.7. The fourth-order valence-electron chi connectivity index (χ4n) is 1.63. The number of benzene rings is 1. The van der Waals surface area contributed by atoms with Crippen molar-refractivity contribution in [3.63, 3.8) is 0 Å². The highest BCUT2D eigenvalue weighted by molar-refractivity contribution is 6.18. The summed E-state index contributed by atoms with van der Waals surface area (Å²) in [7, 11) is 1.83. The molecule has 3 nitrogen and oxygen atoms in total. The molecule has 2 aromatic rings. The lowest BCUT2D eigenvalue weighted by molar-refractivity contribution is 0.298. The van der Waals surface area contributed by atoms with Crippen LogP contribution in [0.1, 0.15) is 17.7 Å². The topological polar surface area (TPSA) is 27.1 Å². The number of rotatable bonds is 4. The van der Waals surface area contributed by atoms with E-state index in [4.69, 9.17) is 16.3 Å². The Balaban J connectivity index is 2.06. The van der Waals surface area contributed by atoms with Crippen LogP contribution in [0, 0.1) is 17.7 Å². The number of aryl methyl sites for hydroxylation is 1. The molecular weight excluding hydrogens is 279 g/mol. The van der Waals surface area contributed by atoms with E-state index < -0.39 is 0 Å². The number of alkyl halides is 1. The van der Waals surface area contributed by atoms with Crippen LogP contribution >= 0.6 is 11.6 Å². The molecule has 0 radical (unpaired) electrons. The molecular formula is C15H14ClFN2O. The fraction of sp³-hybridized carbons (Fsp3) is 0.267. The van der Waals surface area contributed by atoms with E-state index in [-0.39, 0.29) is 5.82 Å². The number of hydrogen-bond donors (Lipinski definition) is 0. The van der Waals surface area contributed by atoms with Gasteiger partial charge in [-0.2, -0.15) is 5.10 Å². The molecule has 0 N–H and O–H groups in total. The molecule has 5 heteroatoms. The van der Waals surface area contributed by atoms with Gasteiger partial charge in [0.05, 0.1) is 5.69 Å². The Morgan fingerprint density at radius 3 is 2.95 bits per heavy atom. The maximum absolute atomic E-state index is 13.5. The van der Waals surface area contributed by atoms with Gasteiger partial charge in [-0.25, -0.2) is 4.39 Å². The van der Waals surface area contributed by atoms with Crippen molar-refractivity contribution in [1.29, 1.82) is 0 Å². The van der Waals surface area contributed by atoms with Crippen LogP contribution in [-0.2, 0) is 13.7 Å². The van der Waals surface area contributed by atoms with Crippen LogP contribution in [0.4, 0.5) is 4.39 Å². The first-order chi connectivity index (χ1) is 9.67. The molecule has 0 aliphatic carbocycles. The number of ether oxygens (including phenoxy) is 1. The van der Waals surface area contributed by atoms with Crippen molar-refractivity contribution in [2.24, 2.45) is 7.05 Å². The predicted octanol–water partition coefficient (Wildman–Crippen LogP) is 3.12. The van der Waals surface area contributed by atoms with E-state index in [1.807, 2.05) is 19.3 Å². The van der Waals surface area contributed by atoms with Crippen LogP contribution in [-0.4, -0.2) is 15.7 Å². The molecule has 104 valence electrons. The summed E-state index contributed by atoms with van der Waals surface area (Å²) in [6.07, 6.45) is 2.40. The third-order valence-electron chi connectivity index (χ3n) is 2.48. The third-order valence-corrected chi connectivity index (χ3v) is 2.67. The molecule has 0 saturated heterocycles. The summed E-state index contributed by atoms with van der Waals surface area (Å²) >= 11 is 5.54. The van der Waals surface area contributed by atoms with E-state index in [1.165, 1.54) is 12.1 Å². The van der Waals surface area contributed by atoms with Crippen LogP contribution < -0.4 is 4.74 Å². The second kappa shape index (κ2) is 6.97. The molecule has 0 bridgehead atoms. The quantitative estimate of drug-likeness (QED) is 0.639. The Hall–Kier alpha value is -1.99. The summed E-state index contributed by atoms with van der Waals surface area (Å²) in [5, 5.41) is 4.19. The van der Waals surface area contributed by atoms with Gasteiger partial charge in [-0.1, -0.05) is 11.8 Å². The first-order valence-corrected chi connectivity index (χ1v) is 6.67.